The summed E-state index contributed by atoms with van der Waals surface area (Å²) < 4.78 is 112. The van der Waals surface area contributed by atoms with Gasteiger partial charge >= 0.3 is 0 Å². The van der Waals surface area contributed by atoms with Gasteiger partial charge < -0.3 is 5.32 Å². The number of nitrogens with one attached hydrogen (secondary N) is 1. The number of hydrogen-bond donors (Lipinski definition) is 1. The number of carbonyl (C=O) groups is 1. The molecule has 3 aromatic carbocycles. The van der Waals surface area contributed by atoms with E-state index < -0.39 is 71.7 Å². The molecule has 1 amide bonds. The Morgan fingerprint density at radius 3 is 2.20 bits per heavy atom. The number of sulfonamides is 1. The summed E-state index contributed by atoms with van der Waals surface area (Å²) in [6.07, 6.45) is 1.13. The second kappa shape index (κ2) is 9.55. The van der Waals surface area contributed by atoms with E-state index in [2.05, 4.69) is 5.32 Å². The predicted molar refractivity (Wildman–Crippen MR) is 143 cm³/mol. The van der Waals surface area contributed by atoms with Gasteiger partial charge in [0.1, 0.15) is 21.5 Å². The minimum atomic E-state index is -4.38. The third-order valence-electron chi connectivity index (χ3n) is 8.28. The van der Waals surface area contributed by atoms with E-state index in [1.807, 2.05) is 0 Å². The zero-order valence-corrected chi connectivity index (χ0v) is 23.0. The van der Waals surface area contributed by atoms with Gasteiger partial charge in [0.15, 0.2) is 11.6 Å². The van der Waals surface area contributed by atoms with Crippen molar-refractivity contribution in [2.24, 2.45) is 5.92 Å². The SMILES string of the molecule is O=C(Nc1cccc(F)c1F)c1ccc2c(c1F)C1(CCS(=O)(=O)CC1)C(C1CC1)N2S(=O)(=O)c1ccc(F)cc1. The molecule has 3 aromatic rings. The van der Waals surface area contributed by atoms with Gasteiger partial charge in [-0.3, -0.25) is 9.10 Å². The van der Waals surface area contributed by atoms with Crippen molar-refractivity contribution >= 4 is 37.1 Å². The molecule has 1 saturated heterocycles. The summed E-state index contributed by atoms with van der Waals surface area (Å²) in [4.78, 5) is 12.9. The van der Waals surface area contributed by atoms with E-state index in [9.17, 15) is 34.8 Å². The lowest BCUT2D eigenvalue weighted by molar-refractivity contribution is 0.102. The van der Waals surface area contributed by atoms with Crippen molar-refractivity contribution in [2.45, 2.75) is 42.0 Å². The molecule has 0 radical (unpaired) electrons. The normalized spacial score (nSPS) is 21.1. The van der Waals surface area contributed by atoms with Crippen LogP contribution in [0.2, 0.25) is 0 Å². The number of sulfone groups is 1. The van der Waals surface area contributed by atoms with Gasteiger partial charge in [0.05, 0.1) is 39.4 Å². The number of amides is 1. The van der Waals surface area contributed by atoms with Gasteiger partial charge in [0.25, 0.3) is 15.9 Å². The van der Waals surface area contributed by atoms with E-state index in [1.165, 1.54) is 12.1 Å². The molecule has 1 N–H and O–H groups in total. The summed E-state index contributed by atoms with van der Waals surface area (Å²) >= 11 is 0. The Balaban J connectivity index is 1.52. The molecular weight excluding hydrogens is 584 g/mol. The average Bonchev–Trinajstić information content (AvgIpc) is 3.71. The van der Waals surface area contributed by atoms with E-state index >= 15 is 4.39 Å². The van der Waals surface area contributed by atoms with Crippen LogP contribution in [0.5, 0.6) is 0 Å². The first kappa shape index (κ1) is 27.7. The molecular formula is C28H24F4N2O5S2. The standard InChI is InChI=1S/C28H24F4N2O5S2/c29-17-6-8-18(9-7-17)41(38,39)34-22-11-10-19(27(35)33-21-3-1-2-20(30)25(21)32)24(31)23(22)28(26(34)16-4-5-16)12-14-40(36,37)15-13-28/h1-3,6-11,16,26H,4-5,12-15H2,(H,33,35). The van der Waals surface area contributed by atoms with Crippen molar-refractivity contribution < 1.29 is 39.2 Å². The third-order valence-corrected chi connectivity index (χ3v) is 11.7. The fourth-order valence-electron chi connectivity index (χ4n) is 6.21. The predicted octanol–water partition coefficient (Wildman–Crippen LogP) is 4.93. The summed E-state index contributed by atoms with van der Waals surface area (Å²) in [5, 5.41) is 2.17. The van der Waals surface area contributed by atoms with Crippen molar-refractivity contribution in [1.29, 1.82) is 0 Å². The Kier molecular flexibility index (Phi) is 6.45. The smallest absolute Gasteiger partial charge is 0.264 e. The molecule has 0 aromatic heterocycles. The lowest BCUT2D eigenvalue weighted by atomic mass is 9.70. The van der Waals surface area contributed by atoms with Gasteiger partial charge in [-0.05, 0) is 80.1 Å². The molecule has 1 spiro atoms. The minimum absolute atomic E-state index is 0.0310. The van der Waals surface area contributed by atoms with Crippen LogP contribution in [0, 0.1) is 29.2 Å². The van der Waals surface area contributed by atoms with Crippen LogP contribution in [0.15, 0.2) is 59.5 Å². The zero-order valence-electron chi connectivity index (χ0n) is 21.4. The van der Waals surface area contributed by atoms with Crippen molar-refractivity contribution in [1.82, 2.24) is 0 Å². The number of benzene rings is 3. The highest BCUT2D eigenvalue weighted by Crippen LogP contribution is 2.60. The molecule has 1 unspecified atom stereocenters. The van der Waals surface area contributed by atoms with Crippen molar-refractivity contribution in [3.63, 3.8) is 0 Å². The summed E-state index contributed by atoms with van der Waals surface area (Å²) in [5.41, 5.74) is -2.43. The molecule has 6 rings (SSSR count). The molecule has 7 nitrogen and oxygen atoms in total. The molecule has 13 heteroatoms. The van der Waals surface area contributed by atoms with E-state index in [1.54, 1.807) is 0 Å². The van der Waals surface area contributed by atoms with E-state index in [-0.39, 0.29) is 46.4 Å². The highest BCUT2D eigenvalue weighted by molar-refractivity contribution is 7.93. The van der Waals surface area contributed by atoms with Crippen molar-refractivity contribution in [3.8, 4) is 0 Å². The van der Waals surface area contributed by atoms with Gasteiger partial charge in [0.2, 0.25) is 0 Å². The largest absolute Gasteiger partial charge is 0.319 e. The van der Waals surface area contributed by atoms with Crippen LogP contribution in [0.4, 0.5) is 28.9 Å². The molecule has 2 fully saturated rings. The average molecular weight is 609 g/mol. The van der Waals surface area contributed by atoms with Gasteiger partial charge in [-0.2, -0.15) is 0 Å². The number of anilines is 2. The Hall–Kier alpha value is -3.45. The molecule has 41 heavy (non-hydrogen) atoms. The Bertz CT molecular complexity index is 1780. The van der Waals surface area contributed by atoms with Crippen LogP contribution in [-0.4, -0.2) is 40.3 Å². The first-order valence-corrected chi connectivity index (χ1v) is 16.2. The third kappa shape index (κ3) is 4.49. The quantitative estimate of drug-likeness (QED) is 0.414. The maximum Gasteiger partial charge on any atom is 0.264 e. The fourth-order valence-corrected chi connectivity index (χ4v) is 9.56. The molecule has 1 atom stereocenters. The summed E-state index contributed by atoms with van der Waals surface area (Å²) in [7, 11) is -7.84. The van der Waals surface area contributed by atoms with Crippen LogP contribution in [0.1, 0.15) is 41.6 Å². The number of fused-ring (bicyclic) bond motifs is 2. The lowest BCUT2D eigenvalue weighted by Gasteiger charge is -2.41. The number of hydrogen-bond acceptors (Lipinski definition) is 5. The molecule has 1 saturated carbocycles. The maximum atomic E-state index is 16.6. The number of rotatable bonds is 5. The van der Waals surface area contributed by atoms with Gasteiger partial charge in [-0.1, -0.05) is 6.07 Å². The molecule has 0 bridgehead atoms. The Morgan fingerprint density at radius 2 is 1.56 bits per heavy atom. The molecule has 2 aliphatic heterocycles. The van der Waals surface area contributed by atoms with Crippen LogP contribution in [0.25, 0.3) is 0 Å². The summed E-state index contributed by atoms with van der Waals surface area (Å²) in [6, 6.07) is 8.86. The highest BCUT2D eigenvalue weighted by atomic mass is 32.2. The van der Waals surface area contributed by atoms with Gasteiger partial charge in [-0.15, -0.1) is 0 Å². The van der Waals surface area contributed by atoms with Crippen LogP contribution in [0.3, 0.4) is 0 Å². The zero-order chi connectivity index (χ0) is 29.3. The van der Waals surface area contributed by atoms with Crippen LogP contribution >= 0.6 is 0 Å². The summed E-state index contributed by atoms with van der Waals surface area (Å²) in [5.74, 6) is -6.13. The second-order valence-electron chi connectivity index (χ2n) is 10.7. The molecule has 216 valence electrons. The highest BCUT2D eigenvalue weighted by Gasteiger charge is 2.62. The fraction of sp³-hybridized carbons (Fsp3) is 0.321. The van der Waals surface area contributed by atoms with E-state index in [0.717, 1.165) is 46.8 Å². The van der Waals surface area contributed by atoms with Gasteiger partial charge in [-0.25, -0.2) is 34.4 Å². The van der Waals surface area contributed by atoms with E-state index in [0.29, 0.717) is 12.8 Å². The topological polar surface area (TPSA) is 101 Å². The van der Waals surface area contributed by atoms with Crippen LogP contribution in [-0.2, 0) is 25.3 Å². The Morgan fingerprint density at radius 1 is 0.902 bits per heavy atom. The van der Waals surface area contributed by atoms with Crippen molar-refractivity contribution in [3.05, 3.63) is 89.0 Å². The number of halogens is 4. The second-order valence-corrected chi connectivity index (χ2v) is 14.8. The lowest BCUT2D eigenvalue weighted by Crippen LogP contribution is -2.52. The molecule has 1 aliphatic carbocycles. The van der Waals surface area contributed by atoms with Crippen molar-refractivity contribution in [2.75, 3.05) is 21.1 Å². The molecule has 3 aliphatic rings. The minimum Gasteiger partial charge on any atom is -0.319 e. The summed E-state index contributed by atoms with van der Waals surface area (Å²) in [6.45, 7) is 0. The van der Waals surface area contributed by atoms with Gasteiger partial charge in [0, 0.05) is 11.0 Å². The maximum absolute atomic E-state index is 16.6. The first-order chi connectivity index (χ1) is 19.4. The number of carbonyl (C=O) groups excluding carboxylic acids is 1. The Labute approximate surface area is 234 Å². The van der Waals surface area contributed by atoms with Crippen LogP contribution < -0.4 is 9.62 Å². The number of nitrogens with zero attached hydrogens (tertiary/aromatic N) is 1. The molecule has 2 heterocycles. The first-order valence-electron chi connectivity index (χ1n) is 12.9. The monoisotopic (exact) mass is 608 g/mol. The van der Waals surface area contributed by atoms with E-state index in [4.69, 9.17) is 0 Å².